The van der Waals surface area contributed by atoms with Crippen LogP contribution >= 0.6 is 11.6 Å². The molecule has 1 N–H and O–H groups in total. The van der Waals surface area contributed by atoms with E-state index in [9.17, 15) is 0 Å². The number of halogens is 1. The Morgan fingerprint density at radius 2 is 1.90 bits per heavy atom. The zero-order valence-electron chi connectivity index (χ0n) is 12.0. The summed E-state index contributed by atoms with van der Waals surface area (Å²) in [6.45, 7) is 7.42. The van der Waals surface area contributed by atoms with Crippen molar-refractivity contribution in [1.82, 2.24) is 4.98 Å². The quantitative estimate of drug-likeness (QED) is 0.888. The number of aromatic nitrogens is 1. The third-order valence-corrected chi connectivity index (χ3v) is 3.21. The first kappa shape index (κ1) is 14.7. The Labute approximate surface area is 124 Å². The molecule has 0 amide bonds. The first-order valence-corrected chi connectivity index (χ1v) is 7.06. The van der Waals surface area contributed by atoms with Gasteiger partial charge in [0.1, 0.15) is 18.2 Å². The predicted octanol–water partition coefficient (Wildman–Crippen LogP) is 4.36. The summed E-state index contributed by atoms with van der Waals surface area (Å²) in [5.41, 5.74) is 3.14. The van der Waals surface area contributed by atoms with Crippen LogP contribution in [0.25, 0.3) is 0 Å². The Morgan fingerprint density at radius 3 is 2.45 bits per heavy atom. The minimum absolute atomic E-state index is 0.503. The molecule has 4 heteroatoms. The lowest BCUT2D eigenvalue weighted by Gasteiger charge is -2.13. The number of benzene rings is 1. The molecule has 2 rings (SSSR count). The van der Waals surface area contributed by atoms with Crippen molar-refractivity contribution in [2.75, 3.05) is 11.9 Å². The second-order valence-electron chi connectivity index (χ2n) is 4.74. The van der Waals surface area contributed by atoms with Gasteiger partial charge in [-0.15, -0.1) is 0 Å². The number of ether oxygens (including phenoxy) is 1. The molecule has 20 heavy (non-hydrogen) atoms. The summed E-state index contributed by atoms with van der Waals surface area (Å²) in [5, 5.41) is 3.91. The number of hydrogen-bond donors (Lipinski definition) is 1. The summed E-state index contributed by atoms with van der Waals surface area (Å²) < 4.78 is 5.89. The van der Waals surface area contributed by atoms with Crippen molar-refractivity contribution in [1.29, 1.82) is 0 Å². The third kappa shape index (κ3) is 3.64. The van der Waals surface area contributed by atoms with E-state index in [1.165, 1.54) is 0 Å². The summed E-state index contributed by atoms with van der Waals surface area (Å²) in [4.78, 5) is 4.33. The predicted molar refractivity (Wildman–Crippen MR) is 83.7 cm³/mol. The zero-order valence-corrected chi connectivity index (χ0v) is 12.8. The minimum atomic E-state index is 0.503. The van der Waals surface area contributed by atoms with Crippen LogP contribution in [0.5, 0.6) is 5.75 Å². The molecular weight excluding hydrogens is 272 g/mol. The van der Waals surface area contributed by atoms with E-state index in [0.717, 1.165) is 39.8 Å². The molecule has 0 fully saturated rings. The third-order valence-electron chi connectivity index (χ3n) is 2.99. The molecule has 0 saturated carbocycles. The molecule has 2 aromatic rings. The summed E-state index contributed by atoms with van der Waals surface area (Å²) in [6, 6.07) is 7.81. The topological polar surface area (TPSA) is 34.1 Å². The highest BCUT2D eigenvalue weighted by atomic mass is 35.5. The molecule has 1 heterocycles. The van der Waals surface area contributed by atoms with Crippen molar-refractivity contribution in [3.05, 3.63) is 52.2 Å². The van der Waals surface area contributed by atoms with Gasteiger partial charge in [-0.3, -0.25) is 0 Å². The van der Waals surface area contributed by atoms with E-state index in [0.29, 0.717) is 6.61 Å². The molecule has 0 unspecified atom stereocenters. The minimum Gasteiger partial charge on any atom is -0.488 e. The fourth-order valence-corrected chi connectivity index (χ4v) is 2.40. The van der Waals surface area contributed by atoms with Gasteiger partial charge < -0.3 is 10.1 Å². The highest BCUT2D eigenvalue weighted by molar-refractivity contribution is 6.30. The largest absolute Gasteiger partial charge is 0.488 e. The first-order valence-electron chi connectivity index (χ1n) is 6.68. The van der Waals surface area contributed by atoms with E-state index in [-0.39, 0.29) is 0 Å². The van der Waals surface area contributed by atoms with Crippen LogP contribution in [0.1, 0.15) is 23.6 Å². The number of nitrogens with one attached hydrogen (secondary N) is 1. The van der Waals surface area contributed by atoms with Gasteiger partial charge in [-0.1, -0.05) is 17.7 Å². The molecule has 1 aromatic carbocycles. The fraction of sp³-hybridized carbons (Fsp3) is 0.312. The van der Waals surface area contributed by atoms with Crippen LogP contribution in [0.2, 0.25) is 5.02 Å². The van der Waals surface area contributed by atoms with E-state index in [2.05, 4.69) is 10.3 Å². The lowest BCUT2D eigenvalue weighted by atomic mass is 10.1. The van der Waals surface area contributed by atoms with Gasteiger partial charge in [0.15, 0.2) is 0 Å². The van der Waals surface area contributed by atoms with E-state index >= 15 is 0 Å². The fourth-order valence-electron chi connectivity index (χ4n) is 2.08. The molecule has 0 aliphatic rings. The summed E-state index contributed by atoms with van der Waals surface area (Å²) in [7, 11) is 0. The van der Waals surface area contributed by atoms with Gasteiger partial charge in [-0.05, 0) is 50.1 Å². The molecule has 0 bridgehead atoms. The van der Waals surface area contributed by atoms with Crippen molar-refractivity contribution in [3.8, 4) is 5.75 Å². The molecule has 0 spiro atoms. The Kier molecular flexibility index (Phi) is 4.85. The van der Waals surface area contributed by atoms with Gasteiger partial charge in [0.25, 0.3) is 0 Å². The second kappa shape index (κ2) is 6.62. The molecule has 0 aliphatic heterocycles. The summed E-state index contributed by atoms with van der Waals surface area (Å²) in [6.07, 6.45) is 1.83. The molecule has 0 saturated heterocycles. The van der Waals surface area contributed by atoms with Crippen LogP contribution in [0.3, 0.4) is 0 Å². The molecule has 0 atom stereocenters. The molecular formula is C16H19ClN2O. The molecule has 0 aliphatic carbocycles. The Bertz CT molecular complexity index is 559. The van der Waals surface area contributed by atoms with Gasteiger partial charge in [0.05, 0.1) is 0 Å². The van der Waals surface area contributed by atoms with E-state index < -0.39 is 0 Å². The number of nitrogens with zero attached hydrogens (tertiary/aromatic N) is 1. The van der Waals surface area contributed by atoms with Crippen molar-refractivity contribution < 1.29 is 4.74 Å². The van der Waals surface area contributed by atoms with Gasteiger partial charge in [0.2, 0.25) is 0 Å². The molecule has 1 aromatic heterocycles. The maximum Gasteiger partial charge on any atom is 0.125 e. The van der Waals surface area contributed by atoms with Crippen molar-refractivity contribution in [2.45, 2.75) is 27.4 Å². The van der Waals surface area contributed by atoms with Crippen molar-refractivity contribution in [3.63, 3.8) is 0 Å². The van der Waals surface area contributed by atoms with Gasteiger partial charge in [0, 0.05) is 23.3 Å². The Balaban J connectivity index is 2.05. The van der Waals surface area contributed by atoms with E-state index in [4.69, 9.17) is 16.3 Å². The van der Waals surface area contributed by atoms with Crippen LogP contribution in [-0.2, 0) is 6.61 Å². The molecule has 0 radical (unpaired) electrons. The number of pyridine rings is 1. The average Bonchev–Trinajstić information content (AvgIpc) is 2.39. The van der Waals surface area contributed by atoms with Crippen molar-refractivity contribution >= 4 is 17.4 Å². The van der Waals surface area contributed by atoms with Crippen LogP contribution < -0.4 is 10.1 Å². The van der Waals surface area contributed by atoms with Gasteiger partial charge in [-0.2, -0.15) is 0 Å². The normalized spacial score (nSPS) is 10.4. The lowest BCUT2D eigenvalue weighted by molar-refractivity contribution is 0.301. The monoisotopic (exact) mass is 290 g/mol. The van der Waals surface area contributed by atoms with Crippen LogP contribution in [0.15, 0.2) is 30.5 Å². The SMILES string of the molecule is CCNc1ccc(COc2c(C)cc(Cl)cc2C)cn1. The second-order valence-corrected chi connectivity index (χ2v) is 5.18. The van der Waals surface area contributed by atoms with Crippen LogP contribution in [0.4, 0.5) is 5.82 Å². The van der Waals surface area contributed by atoms with Gasteiger partial charge >= 0.3 is 0 Å². The smallest absolute Gasteiger partial charge is 0.125 e. The summed E-state index contributed by atoms with van der Waals surface area (Å²) >= 11 is 6.01. The number of anilines is 1. The highest BCUT2D eigenvalue weighted by Crippen LogP contribution is 2.27. The van der Waals surface area contributed by atoms with E-state index in [1.54, 1.807) is 0 Å². The maximum absolute atomic E-state index is 6.01. The highest BCUT2D eigenvalue weighted by Gasteiger charge is 2.06. The first-order chi connectivity index (χ1) is 9.60. The average molecular weight is 291 g/mol. The standard InChI is InChI=1S/C16H19ClN2O/c1-4-18-15-6-5-13(9-19-15)10-20-16-11(2)7-14(17)8-12(16)3/h5-9H,4,10H2,1-3H3,(H,18,19). The lowest BCUT2D eigenvalue weighted by Crippen LogP contribution is -2.02. The Morgan fingerprint density at radius 1 is 1.20 bits per heavy atom. The molecule has 3 nitrogen and oxygen atoms in total. The zero-order chi connectivity index (χ0) is 14.5. The van der Waals surface area contributed by atoms with Gasteiger partial charge in [-0.25, -0.2) is 4.98 Å². The van der Waals surface area contributed by atoms with Crippen molar-refractivity contribution in [2.24, 2.45) is 0 Å². The number of aryl methyl sites for hydroxylation is 2. The number of rotatable bonds is 5. The van der Waals surface area contributed by atoms with E-state index in [1.807, 2.05) is 51.2 Å². The number of hydrogen-bond acceptors (Lipinski definition) is 3. The van der Waals surface area contributed by atoms with Crippen LogP contribution in [-0.4, -0.2) is 11.5 Å². The Hall–Kier alpha value is -1.74. The van der Waals surface area contributed by atoms with Crippen LogP contribution in [0, 0.1) is 13.8 Å². The molecule has 106 valence electrons. The summed E-state index contributed by atoms with van der Waals surface area (Å²) in [5.74, 6) is 1.78. The maximum atomic E-state index is 6.01.